The van der Waals surface area contributed by atoms with Gasteiger partial charge in [-0.3, -0.25) is 4.90 Å². The number of piperidine rings is 1. The van der Waals surface area contributed by atoms with Crippen molar-refractivity contribution in [3.05, 3.63) is 18.2 Å². The third-order valence-corrected chi connectivity index (χ3v) is 3.46. The van der Waals surface area contributed by atoms with Crippen LogP contribution in [0.25, 0.3) is 0 Å². The lowest BCUT2D eigenvalue weighted by Gasteiger charge is -2.30. The zero-order chi connectivity index (χ0) is 15.9. The van der Waals surface area contributed by atoms with Gasteiger partial charge in [-0.15, -0.1) is 0 Å². The monoisotopic (exact) mass is 307 g/mol. The Balaban J connectivity index is 0.000000270. The van der Waals surface area contributed by atoms with Crippen molar-refractivity contribution in [3.8, 4) is 0 Å². The molecule has 1 aromatic rings. The van der Waals surface area contributed by atoms with Crippen LogP contribution in [0.5, 0.6) is 0 Å². The molecule has 1 saturated heterocycles. The Morgan fingerprint density at radius 3 is 2.43 bits per heavy atom. The van der Waals surface area contributed by atoms with Crippen molar-refractivity contribution in [3.63, 3.8) is 0 Å². The molecule has 0 aromatic carbocycles. The standard InChI is InChI=1S/C11H19N3.C2HF3O2/c1-2-10-3-7-14(8-4-10)9-11-12-5-6-13-11;3-2(4,5)1(6)7/h5-6,10H,2-4,7-9H2,1H3,(H,12,13);(H,6,7). The highest BCUT2D eigenvalue weighted by atomic mass is 19.4. The molecule has 1 aliphatic heterocycles. The van der Waals surface area contributed by atoms with E-state index in [0.29, 0.717) is 0 Å². The first kappa shape index (κ1) is 17.5. The Hall–Kier alpha value is -1.57. The summed E-state index contributed by atoms with van der Waals surface area (Å²) in [5.74, 6) is -0.699. The van der Waals surface area contributed by atoms with Gasteiger partial charge in [-0.2, -0.15) is 13.2 Å². The number of hydrogen-bond acceptors (Lipinski definition) is 3. The molecule has 8 heteroatoms. The zero-order valence-corrected chi connectivity index (χ0v) is 11.9. The van der Waals surface area contributed by atoms with Gasteiger partial charge in [0.15, 0.2) is 0 Å². The van der Waals surface area contributed by atoms with E-state index in [1.54, 1.807) is 0 Å². The lowest BCUT2D eigenvalue weighted by molar-refractivity contribution is -0.192. The van der Waals surface area contributed by atoms with Crippen molar-refractivity contribution < 1.29 is 23.1 Å². The number of carbonyl (C=O) groups is 1. The number of hydrogen-bond donors (Lipinski definition) is 2. The fourth-order valence-corrected chi connectivity index (χ4v) is 2.15. The molecule has 0 unspecified atom stereocenters. The second-order valence-corrected chi connectivity index (χ2v) is 4.97. The van der Waals surface area contributed by atoms with Gasteiger partial charge >= 0.3 is 12.1 Å². The van der Waals surface area contributed by atoms with Crippen LogP contribution in [-0.4, -0.2) is 45.2 Å². The summed E-state index contributed by atoms with van der Waals surface area (Å²) in [5, 5.41) is 7.12. The van der Waals surface area contributed by atoms with Crippen LogP contribution < -0.4 is 0 Å². The molecule has 1 aromatic heterocycles. The Morgan fingerprint density at radius 2 is 2.05 bits per heavy atom. The average molecular weight is 307 g/mol. The van der Waals surface area contributed by atoms with E-state index in [4.69, 9.17) is 9.90 Å². The summed E-state index contributed by atoms with van der Waals surface area (Å²) in [6.45, 7) is 5.76. The van der Waals surface area contributed by atoms with Gasteiger partial charge in [0.05, 0.1) is 6.54 Å². The lowest BCUT2D eigenvalue weighted by atomic mass is 9.94. The summed E-state index contributed by atoms with van der Waals surface area (Å²) in [6.07, 6.45) is 2.70. The molecule has 1 aliphatic rings. The predicted octanol–water partition coefficient (Wildman–Crippen LogP) is 2.67. The number of halogens is 3. The third kappa shape index (κ3) is 6.61. The molecule has 0 spiro atoms. The quantitative estimate of drug-likeness (QED) is 0.901. The number of H-pyrrole nitrogens is 1. The van der Waals surface area contributed by atoms with Gasteiger partial charge in [0.1, 0.15) is 5.82 Å². The number of aliphatic carboxylic acids is 1. The van der Waals surface area contributed by atoms with Crippen LogP contribution >= 0.6 is 0 Å². The molecule has 2 rings (SSSR count). The fourth-order valence-electron chi connectivity index (χ4n) is 2.15. The number of nitrogens with one attached hydrogen (secondary N) is 1. The fraction of sp³-hybridized carbons (Fsp3) is 0.692. The molecule has 120 valence electrons. The van der Waals surface area contributed by atoms with E-state index in [2.05, 4.69) is 21.8 Å². The Kier molecular flexibility index (Phi) is 6.67. The molecule has 21 heavy (non-hydrogen) atoms. The molecule has 0 bridgehead atoms. The maximum atomic E-state index is 10.6. The van der Waals surface area contributed by atoms with Crippen LogP contribution in [0.2, 0.25) is 0 Å². The number of rotatable bonds is 3. The Labute approximate surface area is 121 Å². The summed E-state index contributed by atoms with van der Waals surface area (Å²) in [4.78, 5) is 18.8. The van der Waals surface area contributed by atoms with E-state index in [1.807, 2.05) is 12.4 Å². The van der Waals surface area contributed by atoms with Gasteiger partial charge in [-0.25, -0.2) is 9.78 Å². The zero-order valence-electron chi connectivity index (χ0n) is 11.9. The smallest absolute Gasteiger partial charge is 0.475 e. The van der Waals surface area contributed by atoms with E-state index >= 15 is 0 Å². The van der Waals surface area contributed by atoms with Gasteiger partial charge in [-0.1, -0.05) is 13.3 Å². The van der Waals surface area contributed by atoms with E-state index in [1.165, 1.54) is 32.4 Å². The SMILES string of the molecule is CCC1CCN(Cc2ncc[nH]2)CC1.O=C(O)C(F)(F)F. The largest absolute Gasteiger partial charge is 0.490 e. The Bertz CT molecular complexity index is 413. The average Bonchev–Trinajstić information content (AvgIpc) is 2.92. The van der Waals surface area contributed by atoms with Crippen LogP contribution in [-0.2, 0) is 11.3 Å². The van der Waals surface area contributed by atoms with Crippen LogP contribution in [0.3, 0.4) is 0 Å². The summed E-state index contributed by atoms with van der Waals surface area (Å²) in [7, 11) is 0. The molecule has 0 aliphatic carbocycles. The van der Waals surface area contributed by atoms with Crippen LogP contribution in [0.15, 0.2) is 12.4 Å². The first-order valence-corrected chi connectivity index (χ1v) is 6.83. The van der Waals surface area contributed by atoms with Crippen LogP contribution in [0, 0.1) is 5.92 Å². The van der Waals surface area contributed by atoms with Crippen LogP contribution in [0.4, 0.5) is 13.2 Å². The highest BCUT2D eigenvalue weighted by molar-refractivity contribution is 5.73. The summed E-state index contributed by atoms with van der Waals surface area (Å²) in [5.41, 5.74) is 0. The summed E-state index contributed by atoms with van der Waals surface area (Å²) < 4.78 is 31.7. The molecule has 2 heterocycles. The lowest BCUT2D eigenvalue weighted by Crippen LogP contribution is -2.33. The number of aromatic amines is 1. The van der Waals surface area contributed by atoms with Gasteiger partial charge in [0.2, 0.25) is 0 Å². The minimum absolute atomic E-state index is 0.961. The molecule has 1 fully saturated rings. The highest BCUT2D eigenvalue weighted by Gasteiger charge is 2.38. The molecular formula is C13H20F3N3O2. The number of nitrogens with zero attached hydrogens (tertiary/aromatic N) is 2. The van der Waals surface area contributed by atoms with Crippen molar-refractivity contribution in [2.45, 2.75) is 38.9 Å². The number of carboxylic acids is 1. The second-order valence-electron chi connectivity index (χ2n) is 4.97. The highest BCUT2D eigenvalue weighted by Crippen LogP contribution is 2.20. The van der Waals surface area contributed by atoms with Crippen molar-refractivity contribution in [2.75, 3.05) is 13.1 Å². The van der Waals surface area contributed by atoms with E-state index in [0.717, 1.165) is 18.3 Å². The van der Waals surface area contributed by atoms with Crippen molar-refractivity contribution in [2.24, 2.45) is 5.92 Å². The number of likely N-dealkylation sites (tertiary alicyclic amines) is 1. The molecule has 0 amide bonds. The van der Waals surface area contributed by atoms with Gasteiger partial charge in [0.25, 0.3) is 0 Å². The topological polar surface area (TPSA) is 69.2 Å². The second kappa shape index (κ2) is 8.02. The van der Waals surface area contributed by atoms with E-state index in [-0.39, 0.29) is 0 Å². The van der Waals surface area contributed by atoms with Gasteiger partial charge in [-0.05, 0) is 31.8 Å². The predicted molar refractivity (Wildman–Crippen MR) is 70.6 cm³/mol. The van der Waals surface area contributed by atoms with Crippen molar-refractivity contribution in [1.82, 2.24) is 14.9 Å². The minimum Gasteiger partial charge on any atom is -0.475 e. The Morgan fingerprint density at radius 1 is 1.48 bits per heavy atom. The number of alkyl halides is 3. The number of imidazole rings is 1. The molecule has 0 radical (unpaired) electrons. The minimum atomic E-state index is -5.08. The molecule has 0 saturated carbocycles. The molecule has 0 atom stereocenters. The maximum absolute atomic E-state index is 10.6. The van der Waals surface area contributed by atoms with E-state index < -0.39 is 12.1 Å². The van der Waals surface area contributed by atoms with E-state index in [9.17, 15) is 13.2 Å². The molecular weight excluding hydrogens is 287 g/mol. The van der Waals surface area contributed by atoms with Crippen LogP contribution in [0.1, 0.15) is 32.0 Å². The number of carboxylic acid groups (broad SMARTS) is 1. The first-order chi connectivity index (χ1) is 9.82. The van der Waals surface area contributed by atoms with Crippen molar-refractivity contribution in [1.29, 1.82) is 0 Å². The molecule has 2 N–H and O–H groups in total. The van der Waals surface area contributed by atoms with Gasteiger partial charge in [0, 0.05) is 12.4 Å². The normalized spacial score (nSPS) is 17.1. The van der Waals surface area contributed by atoms with Crippen molar-refractivity contribution >= 4 is 5.97 Å². The summed E-state index contributed by atoms with van der Waals surface area (Å²) in [6, 6.07) is 0. The molecule has 5 nitrogen and oxygen atoms in total. The first-order valence-electron chi connectivity index (χ1n) is 6.83. The summed E-state index contributed by atoms with van der Waals surface area (Å²) >= 11 is 0. The third-order valence-electron chi connectivity index (χ3n) is 3.46. The maximum Gasteiger partial charge on any atom is 0.490 e. The van der Waals surface area contributed by atoms with Gasteiger partial charge < -0.3 is 10.1 Å². The number of aromatic nitrogens is 2.